The maximum Gasteiger partial charge on any atom is 0.303 e. The number of fused-ring (bicyclic) bond motifs is 1. The number of hydrogen-bond donors (Lipinski definition) is 2. The van der Waals surface area contributed by atoms with Gasteiger partial charge < -0.3 is 10.2 Å². The number of rotatable bonds is 7. The average molecular weight is 421 g/mol. The predicted octanol–water partition coefficient (Wildman–Crippen LogP) is 6.70. The molecule has 1 unspecified atom stereocenters. The van der Waals surface area contributed by atoms with E-state index < -0.39 is 12.1 Å². The smallest absolute Gasteiger partial charge is 0.303 e. The van der Waals surface area contributed by atoms with E-state index in [9.17, 15) is 14.7 Å². The van der Waals surface area contributed by atoms with Crippen LogP contribution in [0.5, 0.6) is 0 Å². The van der Waals surface area contributed by atoms with E-state index in [1.165, 1.54) is 43.4 Å². The number of benzene rings is 1. The Balaban J connectivity index is 0.000000397. The number of aliphatic hydroxyl groups excluding tert-OH is 1. The van der Waals surface area contributed by atoms with Crippen LogP contribution < -0.4 is 0 Å². The lowest BCUT2D eigenvalue weighted by Crippen LogP contribution is -2.20. The number of carboxylic acid groups (broad SMARTS) is 1. The molecule has 1 aromatic heterocycles. The third-order valence-corrected chi connectivity index (χ3v) is 5.89. The fourth-order valence-corrected chi connectivity index (χ4v) is 4.36. The van der Waals surface area contributed by atoms with Gasteiger partial charge in [0, 0.05) is 11.1 Å². The van der Waals surface area contributed by atoms with E-state index in [2.05, 4.69) is 13.8 Å². The van der Waals surface area contributed by atoms with Crippen molar-refractivity contribution >= 4 is 33.2 Å². The van der Waals surface area contributed by atoms with Gasteiger partial charge in [-0.25, -0.2) is 0 Å². The summed E-state index contributed by atoms with van der Waals surface area (Å²) in [6, 6.07) is 9.87. The van der Waals surface area contributed by atoms with Crippen LogP contribution in [0.25, 0.3) is 10.1 Å². The Morgan fingerprint density at radius 3 is 2.28 bits per heavy atom. The third-order valence-electron chi connectivity index (χ3n) is 4.76. The lowest BCUT2D eigenvalue weighted by atomic mass is 9.98. The lowest BCUT2D eigenvalue weighted by molar-refractivity contribution is -0.137. The highest BCUT2D eigenvalue weighted by molar-refractivity contribution is 7.20. The van der Waals surface area contributed by atoms with Crippen LogP contribution in [0.4, 0.5) is 0 Å². The SMILES string of the molecule is CCC.CCCC(=O)O.O=C(c1cc2ccccc2s1)C(O)CCC1CCCC1. The highest BCUT2D eigenvalue weighted by Crippen LogP contribution is 2.30. The van der Waals surface area contributed by atoms with Crippen LogP contribution in [0.3, 0.4) is 0 Å². The molecule has 2 N–H and O–H groups in total. The van der Waals surface area contributed by atoms with Crippen molar-refractivity contribution in [1.82, 2.24) is 0 Å². The second-order valence-corrected chi connectivity index (χ2v) is 8.69. The van der Waals surface area contributed by atoms with Crippen LogP contribution in [0.15, 0.2) is 30.3 Å². The number of carboxylic acids is 1. The van der Waals surface area contributed by atoms with Crippen molar-refractivity contribution in [3.63, 3.8) is 0 Å². The summed E-state index contributed by atoms with van der Waals surface area (Å²) in [7, 11) is 0. The number of carbonyl (C=O) groups excluding carboxylic acids is 1. The van der Waals surface area contributed by atoms with E-state index in [1.807, 2.05) is 37.3 Å². The van der Waals surface area contributed by atoms with E-state index in [4.69, 9.17) is 5.11 Å². The van der Waals surface area contributed by atoms with E-state index in [0.29, 0.717) is 17.7 Å². The van der Waals surface area contributed by atoms with Gasteiger partial charge in [-0.2, -0.15) is 0 Å². The Hall–Kier alpha value is -1.72. The van der Waals surface area contributed by atoms with Crippen LogP contribution in [0.2, 0.25) is 0 Å². The van der Waals surface area contributed by atoms with Crippen molar-refractivity contribution in [3.05, 3.63) is 35.2 Å². The van der Waals surface area contributed by atoms with Gasteiger partial charge in [0.15, 0.2) is 0 Å². The summed E-state index contributed by atoms with van der Waals surface area (Å²) in [5.41, 5.74) is 0. The van der Waals surface area contributed by atoms with Crippen molar-refractivity contribution in [2.75, 3.05) is 0 Å². The molecule has 0 amide bonds. The number of carbonyl (C=O) groups is 2. The van der Waals surface area contributed by atoms with Crippen LogP contribution in [0, 0.1) is 5.92 Å². The fraction of sp³-hybridized carbons (Fsp3) is 0.583. The topological polar surface area (TPSA) is 74.6 Å². The Kier molecular flexibility index (Phi) is 12.5. The molecule has 162 valence electrons. The molecule has 0 saturated heterocycles. The number of thiophene rings is 1. The average Bonchev–Trinajstić information content (AvgIpc) is 3.36. The zero-order valence-electron chi connectivity index (χ0n) is 18.0. The van der Waals surface area contributed by atoms with Crippen LogP contribution in [-0.2, 0) is 4.79 Å². The normalized spacial score (nSPS) is 14.5. The summed E-state index contributed by atoms with van der Waals surface area (Å²) in [6.45, 7) is 6.09. The molecule has 4 nitrogen and oxygen atoms in total. The summed E-state index contributed by atoms with van der Waals surface area (Å²) in [6.07, 6.45) is 8.19. The van der Waals surface area contributed by atoms with Crippen LogP contribution in [-0.4, -0.2) is 28.1 Å². The molecule has 1 aliphatic rings. The van der Waals surface area contributed by atoms with Crippen LogP contribution >= 0.6 is 11.3 Å². The van der Waals surface area contributed by atoms with Crippen molar-refractivity contribution in [3.8, 4) is 0 Å². The summed E-state index contributed by atoms with van der Waals surface area (Å²) in [5, 5.41) is 19.1. The molecule has 1 atom stereocenters. The summed E-state index contributed by atoms with van der Waals surface area (Å²) in [4.78, 5) is 22.6. The maximum absolute atomic E-state index is 12.3. The van der Waals surface area contributed by atoms with Gasteiger partial charge in [-0.05, 0) is 42.7 Å². The number of ketones is 1. The summed E-state index contributed by atoms with van der Waals surface area (Å²) < 4.78 is 1.11. The quantitative estimate of drug-likeness (QED) is 0.489. The standard InChI is InChI=1S/C17H20O2S.C4H8O2.C3H8/c18-14(10-9-12-5-1-2-6-12)17(19)16-11-13-7-3-4-8-15(13)20-16;1-2-3-4(5)6;1-3-2/h3-4,7-8,11-12,14,18H,1-2,5-6,9-10H2;2-3H2,1H3,(H,5,6);3H2,1-2H3. The molecule has 1 aromatic carbocycles. The Morgan fingerprint density at radius 1 is 1.14 bits per heavy atom. The molecule has 0 aliphatic heterocycles. The molecule has 5 heteroatoms. The Bertz CT molecular complexity index is 698. The first kappa shape index (κ1) is 25.3. The molecule has 3 rings (SSSR count). The molecule has 1 saturated carbocycles. The molecular weight excluding hydrogens is 384 g/mol. The van der Waals surface area contributed by atoms with Crippen molar-refractivity contribution in [2.24, 2.45) is 5.92 Å². The van der Waals surface area contributed by atoms with Gasteiger partial charge in [-0.15, -0.1) is 11.3 Å². The van der Waals surface area contributed by atoms with Gasteiger partial charge in [0.25, 0.3) is 0 Å². The van der Waals surface area contributed by atoms with Gasteiger partial charge in [0.2, 0.25) is 5.78 Å². The second kappa shape index (κ2) is 14.3. The highest BCUT2D eigenvalue weighted by Gasteiger charge is 2.22. The largest absolute Gasteiger partial charge is 0.481 e. The second-order valence-electron chi connectivity index (χ2n) is 7.61. The van der Waals surface area contributed by atoms with Gasteiger partial charge in [0.05, 0.1) is 4.88 Å². The molecule has 1 aliphatic carbocycles. The molecule has 0 bridgehead atoms. The van der Waals surface area contributed by atoms with Gasteiger partial charge in [0.1, 0.15) is 6.10 Å². The molecule has 1 fully saturated rings. The van der Waals surface area contributed by atoms with E-state index >= 15 is 0 Å². The zero-order valence-corrected chi connectivity index (χ0v) is 18.8. The van der Waals surface area contributed by atoms with Crippen molar-refractivity contribution < 1.29 is 19.8 Å². The molecule has 1 heterocycles. The number of Topliss-reactive ketones (excluding diaryl/α,β-unsaturated/α-hetero) is 1. The minimum absolute atomic E-state index is 0.107. The van der Waals surface area contributed by atoms with Gasteiger partial charge in [-0.3, -0.25) is 9.59 Å². The van der Waals surface area contributed by atoms with E-state index in [0.717, 1.165) is 28.8 Å². The lowest BCUT2D eigenvalue weighted by Gasteiger charge is -2.12. The molecular formula is C24H36O4S. The third kappa shape index (κ3) is 9.55. The van der Waals surface area contributed by atoms with Crippen molar-refractivity contribution in [2.45, 2.75) is 84.7 Å². The van der Waals surface area contributed by atoms with E-state index in [-0.39, 0.29) is 5.78 Å². The highest BCUT2D eigenvalue weighted by atomic mass is 32.1. The number of aliphatic hydroxyl groups is 1. The Morgan fingerprint density at radius 2 is 1.76 bits per heavy atom. The molecule has 2 aromatic rings. The Labute approximate surface area is 179 Å². The van der Waals surface area contributed by atoms with E-state index in [1.54, 1.807) is 0 Å². The monoisotopic (exact) mass is 420 g/mol. The molecule has 0 radical (unpaired) electrons. The fourth-order valence-electron chi connectivity index (χ4n) is 3.31. The summed E-state index contributed by atoms with van der Waals surface area (Å²) in [5.74, 6) is -0.0958. The number of hydrogen-bond acceptors (Lipinski definition) is 4. The van der Waals surface area contributed by atoms with Crippen molar-refractivity contribution in [1.29, 1.82) is 0 Å². The molecule has 0 spiro atoms. The minimum atomic E-state index is -0.830. The first-order chi connectivity index (χ1) is 13.9. The predicted molar refractivity (Wildman–Crippen MR) is 122 cm³/mol. The number of aliphatic carboxylic acids is 1. The zero-order chi connectivity index (χ0) is 21.6. The minimum Gasteiger partial charge on any atom is -0.481 e. The first-order valence-electron chi connectivity index (χ1n) is 10.8. The van der Waals surface area contributed by atoms with Gasteiger partial charge >= 0.3 is 5.97 Å². The maximum atomic E-state index is 12.3. The van der Waals surface area contributed by atoms with Crippen LogP contribution in [0.1, 0.15) is 88.2 Å². The van der Waals surface area contributed by atoms with Gasteiger partial charge in [-0.1, -0.05) is 71.1 Å². The summed E-state index contributed by atoms with van der Waals surface area (Å²) >= 11 is 1.48. The first-order valence-corrected chi connectivity index (χ1v) is 11.7. The molecule has 29 heavy (non-hydrogen) atoms.